The van der Waals surface area contributed by atoms with Crippen LogP contribution in [0.4, 0.5) is 30.7 Å². The van der Waals surface area contributed by atoms with Crippen molar-refractivity contribution in [3.63, 3.8) is 0 Å². The third kappa shape index (κ3) is 2.73. The summed E-state index contributed by atoms with van der Waals surface area (Å²) in [5.41, 5.74) is 0. The molecule has 0 saturated carbocycles. The van der Waals surface area contributed by atoms with Crippen LogP contribution in [0.1, 0.15) is 14.7 Å². The fourth-order valence-corrected chi connectivity index (χ4v) is 1.54. The zero-order valence-corrected chi connectivity index (χ0v) is 8.38. The number of hydrogen-bond acceptors (Lipinski definition) is 3. The molecule has 17 heavy (non-hydrogen) atoms. The van der Waals surface area contributed by atoms with Gasteiger partial charge in [0.2, 0.25) is 5.78 Å². The molecule has 10 heteroatoms. The average Bonchev–Trinajstić information content (AvgIpc) is 2.63. The minimum absolute atomic E-state index is 0.201. The molecule has 0 aromatic carbocycles. The molecular weight excluding hydrogens is 279 g/mol. The van der Waals surface area contributed by atoms with Crippen LogP contribution in [0.3, 0.4) is 0 Å². The van der Waals surface area contributed by atoms with E-state index in [4.69, 9.17) is 0 Å². The topological polar surface area (TPSA) is 30.0 Å². The highest BCUT2D eigenvalue weighted by atomic mass is 32.1. The fraction of sp³-hybridized carbons (Fsp3) is 0.429. The van der Waals surface area contributed by atoms with Crippen molar-refractivity contribution < 1.29 is 35.5 Å². The van der Waals surface area contributed by atoms with Crippen molar-refractivity contribution in [3.05, 3.63) is 16.1 Å². The Labute approximate surface area is 93.1 Å². The number of alkyl halides is 7. The molecule has 1 aromatic rings. The Morgan fingerprint density at radius 3 is 2.12 bits per heavy atom. The van der Waals surface area contributed by atoms with Crippen LogP contribution in [0.25, 0.3) is 0 Å². The van der Waals surface area contributed by atoms with Crippen molar-refractivity contribution in [3.8, 4) is 0 Å². The van der Waals surface area contributed by atoms with Gasteiger partial charge in [0.05, 0.1) is 4.88 Å². The summed E-state index contributed by atoms with van der Waals surface area (Å²) in [6, 6.07) is 0. The largest absolute Gasteiger partial charge is 0.443 e. The first-order chi connectivity index (χ1) is 7.56. The van der Waals surface area contributed by atoms with Gasteiger partial charge in [-0.3, -0.25) is 4.79 Å². The van der Waals surface area contributed by atoms with Crippen LogP contribution < -0.4 is 0 Å². The molecule has 96 valence electrons. The lowest BCUT2D eigenvalue weighted by Crippen LogP contribution is -2.36. The van der Waals surface area contributed by atoms with E-state index >= 15 is 0 Å². The van der Waals surface area contributed by atoms with Gasteiger partial charge in [-0.1, -0.05) is 0 Å². The van der Waals surface area contributed by atoms with Crippen molar-refractivity contribution in [1.82, 2.24) is 4.98 Å². The molecular formula is C7H2F7NOS. The third-order valence-corrected chi connectivity index (χ3v) is 2.59. The number of Topliss-reactive ketones (excluding diaryl/α,β-unsaturated/α-hetero) is 1. The SMILES string of the molecule is O=C(c1cnc(C(F)(F)F)s1)C(F)(F)C(F)F. The van der Waals surface area contributed by atoms with Gasteiger partial charge in [0.15, 0.2) is 5.01 Å². The third-order valence-electron chi connectivity index (χ3n) is 1.55. The standard InChI is InChI=1S/C7H2F7NOS/c8-4(9)6(10,11)3(16)2-1-15-5(17-2)7(12,13)14/h1,4H. The zero-order chi connectivity index (χ0) is 13.4. The molecule has 0 saturated heterocycles. The summed E-state index contributed by atoms with van der Waals surface area (Å²) in [4.78, 5) is 12.3. The lowest BCUT2D eigenvalue weighted by molar-refractivity contribution is -0.137. The second-order valence-electron chi connectivity index (χ2n) is 2.78. The minimum Gasteiger partial charge on any atom is -0.286 e. The molecule has 1 heterocycles. The Balaban J connectivity index is 3.03. The van der Waals surface area contributed by atoms with E-state index in [2.05, 4.69) is 4.98 Å². The summed E-state index contributed by atoms with van der Waals surface area (Å²) in [5, 5.41) is -1.55. The van der Waals surface area contributed by atoms with Gasteiger partial charge in [0.25, 0.3) is 0 Å². The summed E-state index contributed by atoms with van der Waals surface area (Å²) in [6.45, 7) is 0. The van der Waals surface area contributed by atoms with Crippen LogP contribution in [0.2, 0.25) is 0 Å². The van der Waals surface area contributed by atoms with Crippen molar-refractivity contribution in [2.24, 2.45) is 0 Å². The first-order valence-electron chi connectivity index (χ1n) is 3.80. The molecule has 0 spiro atoms. The fourth-order valence-electron chi connectivity index (χ4n) is 0.774. The van der Waals surface area contributed by atoms with Crippen LogP contribution in [-0.4, -0.2) is 23.1 Å². The molecule has 0 unspecified atom stereocenters. The Kier molecular flexibility index (Phi) is 3.46. The quantitative estimate of drug-likeness (QED) is 0.629. The zero-order valence-electron chi connectivity index (χ0n) is 7.56. The van der Waals surface area contributed by atoms with Gasteiger partial charge in [0, 0.05) is 6.20 Å². The number of carbonyl (C=O) groups excluding carboxylic acids is 1. The van der Waals surface area contributed by atoms with E-state index in [1.54, 1.807) is 0 Å². The van der Waals surface area contributed by atoms with Crippen LogP contribution in [-0.2, 0) is 6.18 Å². The first kappa shape index (κ1) is 13.9. The number of nitrogens with zero attached hydrogens (tertiary/aromatic N) is 1. The van der Waals surface area contributed by atoms with E-state index in [9.17, 15) is 35.5 Å². The van der Waals surface area contributed by atoms with Crippen LogP contribution >= 0.6 is 11.3 Å². The number of halogens is 7. The average molecular weight is 281 g/mol. The lowest BCUT2D eigenvalue weighted by Gasteiger charge is -2.11. The van der Waals surface area contributed by atoms with Crippen LogP contribution in [0, 0.1) is 0 Å². The number of rotatable bonds is 3. The maximum atomic E-state index is 12.5. The van der Waals surface area contributed by atoms with Gasteiger partial charge >= 0.3 is 18.5 Å². The van der Waals surface area contributed by atoms with E-state index in [1.807, 2.05) is 0 Å². The highest BCUT2D eigenvalue weighted by Gasteiger charge is 2.50. The Morgan fingerprint density at radius 2 is 1.76 bits per heavy atom. The van der Waals surface area contributed by atoms with Gasteiger partial charge in [-0.05, 0) is 0 Å². The first-order valence-corrected chi connectivity index (χ1v) is 4.62. The van der Waals surface area contributed by atoms with E-state index in [0.717, 1.165) is 0 Å². The van der Waals surface area contributed by atoms with E-state index < -0.39 is 45.5 Å². The van der Waals surface area contributed by atoms with Crippen molar-refractivity contribution in [1.29, 1.82) is 0 Å². The summed E-state index contributed by atoms with van der Waals surface area (Å²) >= 11 is -0.407. The molecule has 0 N–H and O–H groups in total. The van der Waals surface area contributed by atoms with Crippen LogP contribution in [0.5, 0.6) is 0 Å². The second kappa shape index (κ2) is 4.24. The van der Waals surface area contributed by atoms with Gasteiger partial charge in [0.1, 0.15) is 0 Å². The molecule has 0 fully saturated rings. The monoisotopic (exact) mass is 281 g/mol. The van der Waals surface area contributed by atoms with E-state index in [1.165, 1.54) is 0 Å². The Hall–Kier alpha value is -1.19. The summed E-state index contributed by atoms with van der Waals surface area (Å²) < 4.78 is 84.7. The number of hydrogen-bond donors (Lipinski definition) is 0. The highest BCUT2D eigenvalue weighted by Crippen LogP contribution is 2.35. The molecule has 1 aromatic heterocycles. The lowest BCUT2D eigenvalue weighted by atomic mass is 10.2. The summed E-state index contributed by atoms with van der Waals surface area (Å²) in [7, 11) is 0. The normalized spacial score (nSPS) is 13.2. The molecule has 0 aliphatic carbocycles. The minimum atomic E-state index is -5.02. The van der Waals surface area contributed by atoms with Crippen molar-refractivity contribution in [2.75, 3.05) is 0 Å². The smallest absolute Gasteiger partial charge is 0.286 e. The van der Waals surface area contributed by atoms with E-state index in [0.29, 0.717) is 0 Å². The summed E-state index contributed by atoms with van der Waals surface area (Å²) in [5.74, 6) is -7.39. The Bertz CT molecular complexity index is 424. The maximum Gasteiger partial charge on any atom is 0.443 e. The molecule has 0 amide bonds. The predicted octanol–water partition coefficient (Wildman–Crippen LogP) is 3.25. The van der Waals surface area contributed by atoms with Crippen LogP contribution in [0.15, 0.2) is 6.20 Å². The van der Waals surface area contributed by atoms with E-state index in [-0.39, 0.29) is 6.20 Å². The van der Waals surface area contributed by atoms with Gasteiger partial charge in [-0.2, -0.15) is 22.0 Å². The predicted molar refractivity (Wildman–Crippen MR) is 42.4 cm³/mol. The van der Waals surface area contributed by atoms with Gasteiger partial charge < -0.3 is 0 Å². The highest BCUT2D eigenvalue weighted by molar-refractivity contribution is 7.13. The number of ketones is 1. The van der Waals surface area contributed by atoms with Gasteiger partial charge in [-0.25, -0.2) is 13.8 Å². The molecule has 0 bridgehead atoms. The maximum absolute atomic E-state index is 12.5. The molecule has 2 nitrogen and oxygen atoms in total. The van der Waals surface area contributed by atoms with Crippen molar-refractivity contribution >= 4 is 17.1 Å². The molecule has 0 radical (unpaired) electrons. The molecule has 0 atom stereocenters. The van der Waals surface area contributed by atoms with Crippen molar-refractivity contribution in [2.45, 2.75) is 18.5 Å². The Morgan fingerprint density at radius 1 is 1.24 bits per heavy atom. The molecule has 1 rings (SSSR count). The number of carbonyl (C=O) groups is 1. The number of aromatic nitrogens is 1. The van der Waals surface area contributed by atoms with Gasteiger partial charge in [-0.15, -0.1) is 11.3 Å². The summed E-state index contributed by atoms with van der Waals surface area (Å²) in [6.07, 6.45) is -9.00. The number of thiazole rings is 1. The molecule has 0 aliphatic heterocycles. The molecule has 0 aliphatic rings. The second-order valence-corrected chi connectivity index (χ2v) is 3.81.